The summed E-state index contributed by atoms with van der Waals surface area (Å²) in [5, 5.41) is 9.48. The molecule has 56 heavy (non-hydrogen) atoms. The zero-order valence-electron chi connectivity index (χ0n) is 30.8. The number of rotatable bonds is 8. The Morgan fingerprint density at radius 2 is 1.73 bits per heavy atom. The monoisotopic (exact) mass is 766 g/mol. The fourth-order valence-electron chi connectivity index (χ4n) is 9.03. The summed E-state index contributed by atoms with van der Waals surface area (Å²) in [7, 11) is 1.78. The summed E-state index contributed by atoms with van der Waals surface area (Å²) in [6.07, 6.45) is 8.21. The van der Waals surface area contributed by atoms with Gasteiger partial charge >= 0.3 is 6.09 Å². The molecule has 2 aromatic heterocycles. The highest BCUT2D eigenvalue weighted by Gasteiger charge is 2.56. The number of hydrogen-bond acceptors (Lipinski definition) is 14. The third-order valence-electron chi connectivity index (χ3n) is 11.9. The van der Waals surface area contributed by atoms with Gasteiger partial charge < -0.3 is 25.6 Å². The minimum absolute atomic E-state index is 0.0222. The van der Waals surface area contributed by atoms with Crippen molar-refractivity contribution >= 4 is 58.6 Å². The van der Waals surface area contributed by atoms with E-state index < -0.39 is 41.2 Å². The number of primary amides is 1. The highest BCUT2D eigenvalue weighted by atomic mass is 16.6. The number of likely N-dealkylation sites (tertiary alicyclic amines) is 1. The van der Waals surface area contributed by atoms with Crippen molar-refractivity contribution in [3.8, 4) is 0 Å². The van der Waals surface area contributed by atoms with Crippen molar-refractivity contribution in [1.82, 2.24) is 39.8 Å². The molecular weight excluding hydrogens is 724 g/mol. The van der Waals surface area contributed by atoms with Gasteiger partial charge in [0, 0.05) is 70.7 Å². The SMILES string of the molecule is Cn1cc(Nc2nc(N3CCC[C@@H](N4CC5(CN(C6CCN(c7ccc8c(c7)C(=O)N(C7CCC(=O)NC7=O)C8=O)CC6)C5)OC4=O)C3)cnc2C(N)=O)cn1. The predicted octanol–water partition coefficient (Wildman–Crippen LogP) is 0.598. The minimum atomic E-state index is -0.999. The third kappa shape index (κ3) is 6.24. The van der Waals surface area contributed by atoms with Gasteiger partial charge in [0.05, 0.1) is 41.8 Å². The fraction of sp³-hybridized carbons (Fsp3) is 0.486. The number of aromatic nitrogens is 4. The number of carbonyl (C=O) groups excluding carboxylic acids is 6. The van der Waals surface area contributed by atoms with E-state index in [-0.39, 0.29) is 47.6 Å². The molecule has 3 aromatic rings. The van der Waals surface area contributed by atoms with Gasteiger partial charge in [0.1, 0.15) is 11.9 Å². The first kappa shape index (κ1) is 35.6. The number of nitrogens with one attached hydrogen (secondary N) is 2. The second-order valence-electron chi connectivity index (χ2n) is 15.5. The van der Waals surface area contributed by atoms with Crippen LogP contribution in [0.2, 0.25) is 0 Å². The lowest BCUT2D eigenvalue weighted by molar-refractivity contribution is -0.136. The van der Waals surface area contributed by atoms with E-state index in [9.17, 15) is 28.8 Å². The van der Waals surface area contributed by atoms with E-state index in [0.29, 0.717) is 50.3 Å². The Labute approximate surface area is 321 Å². The molecule has 292 valence electrons. The van der Waals surface area contributed by atoms with Crippen LogP contribution < -0.4 is 26.2 Å². The quantitative estimate of drug-likeness (QED) is 0.268. The van der Waals surface area contributed by atoms with Gasteiger partial charge in [0.2, 0.25) is 11.8 Å². The second-order valence-corrected chi connectivity index (χ2v) is 15.5. The molecule has 1 aromatic carbocycles. The van der Waals surface area contributed by atoms with Gasteiger partial charge in [-0.15, -0.1) is 0 Å². The van der Waals surface area contributed by atoms with E-state index in [1.807, 2.05) is 11.0 Å². The van der Waals surface area contributed by atoms with E-state index in [1.165, 1.54) is 6.20 Å². The highest BCUT2D eigenvalue weighted by Crippen LogP contribution is 2.39. The minimum Gasteiger partial charge on any atom is -0.438 e. The number of ether oxygens (including phenoxy) is 1. The van der Waals surface area contributed by atoms with Crippen molar-refractivity contribution in [3.05, 3.63) is 53.6 Å². The summed E-state index contributed by atoms with van der Waals surface area (Å²) < 4.78 is 7.70. The van der Waals surface area contributed by atoms with Crippen molar-refractivity contribution in [2.45, 2.75) is 62.3 Å². The Hall–Kier alpha value is -6.11. The molecule has 6 aliphatic heterocycles. The molecule has 5 fully saturated rings. The Balaban J connectivity index is 0.792. The Morgan fingerprint density at radius 1 is 0.946 bits per heavy atom. The van der Waals surface area contributed by atoms with Crippen LogP contribution in [0.4, 0.5) is 27.8 Å². The number of fused-ring (bicyclic) bond motifs is 1. The number of nitrogens with zero attached hydrogens (tertiary/aromatic N) is 9. The smallest absolute Gasteiger partial charge is 0.410 e. The molecule has 6 aliphatic rings. The van der Waals surface area contributed by atoms with Gasteiger partial charge in [-0.05, 0) is 50.3 Å². The number of amides is 6. The molecule has 2 atom stereocenters. The number of benzene rings is 1. The Morgan fingerprint density at radius 3 is 2.46 bits per heavy atom. The number of piperidine rings is 3. The number of hydrogen-bond donors (Lipinski definition) is 3. The van der Waals surface area contributed by atoms with Crippen LogP contribution in [-0.2, 0) is 21.4 Å². The molecule has 9 rings (SSSR count). The predicted molar refractivity (Wildman–Crippen MR) is 198 cm³/mol. The van der Waals surface area contributed by atoms with Gasteiger partial charge in [-0.3, -0.25) is 48.7 Å². The maximum absolute atomic E-state index is 13.4. The van der Waals surface area contributed by atoms with Gasteiger partial charge in [-0.1, -0.05) is 0 Å². The zero-order valence-corrected chi connectivity index (χ0v) is 30.8. The molecule has 19 heteroatoms. The molecule has 5 saturated heterocycles. The summed E-state index contributed by atoms with van der Waals surface area (Å²) >= 11 is 0. The van der Waals surface area contributed by atoms with Gasteiger partial charge in [-0.2, -0.15) is 5.10 Å². The normalized spacial score (nSPS) is 24.1. The number of anilines is 4. The highest BCUT2D eigenvalue weighted by molar-refractivity contribution is 6.23. The summed E-state index contributed by atoms with van der Waals surface area (Å²) in [6.45, 7) is 4.59. The summed E-state index contributed by atoms with van der Waals surface area (Å²) in [5.74, 6) is -1.96. The average Bonchev–Trinajstić information content (AvgIpc) is 3.83. The van der Waals surface area contributed by atoms with Crippen LogP contribution in [0.3, 0.4) is 0 Å². The van der Waals surface area contributed by atoms with E-state index in [4.69, 9.17) is 15.5 Å². The molecular formula is C37H42N12O7. The van der Waals surface area contributed by atoms with E-state index in [2.05, 4.69) is 35.4 Å². The van der Waals surface area contributed by atoms with Crippen molar-refractivity contribution in [2.24, 2.45) is 12.8 Å². The number of carbonyl (C=O) groups is 6. The molecule has 0 bridgehead atoms. The molecule has 0 aliphatic carbocycles. The number of aryl methyl sites for hydroxylation is 1. The maximum atomic E-state index is 13.4. The standard InChI is InChI=1S/C37H42N12O7/c1-44-16-21(14-40-44)41-32-30(31(38)51)39-15-28(42-32)46-10-2-3-24(17-46)48-20-37(56-36(48)55)18-47(19-37)22-8-11-45(12-9-22)23-4-5-25-26(13-23)35(54)49(34(25)53)27-6-7-29(50)43-33(27)52/h4-5,13-16,22,24,27H,2-3,6-12,17-20H2,1H3,(H2,38,51)(H,41,42)(H,43,50,52)/t24-,27?/m1/s1. The van der Waals surface area contributed by atoms with Gasteiger partial charge in [0.25, 0.3) is 17.7 Å². The van der Waals surface area contributed by atoms with Gasteiger partial charge in [-0.25, -0.2) is 14.8 Å². The first-order valence-electron chi connectivity index (χ1n) is 19.0. The Kier molecular flexibility index (Phi) is 8.62. The Bertz CT molecular complexity index is 2160. The largest absolute Gasteiger partial charge is 0.438 e. The van der Waals surface area contributed by atoms with Crippen LogP contribution in [0.1, 0.15) is 69.7 Å². The molecule has 1 spiro atoms. The van der Waals surface area contributed by atoms with Gasteiger partial charge in [0.15, 0.2) is 17.1 Å². The molecule has 6 amide bonds. The van der Waals surface area contributed by atoms with Crippen LogP contribution in [0.5, 0.6) is 0 Å². The first-order chi connectivity index (χ1) is 26.9. The van der Waals surface area contributed by atoms with Crippen LogP contribution in [0.15, 0.2) is 36.8 Å². The topological polar surface area (TPSA) is 222 Å². The summed E-state index contributed by atoms with van der Waals surface area (Å²) in [6, 6.07) is 4.47. The number of imide groups is 2. The van der Waals surface area contributed by atoms with Crippen molar-refractivity contribution in [1.29, 1.82) is 0 Å². The second kappa shape index (κ2) is 13.6. The molecule has 19 nitrogen and oxygen atoms in total. The summed E-state index contributed by atoms with van der Waals surface area (Å²) in [5.41, 5.74) is 7.07. The fourth-order valence-corrected chi connectivity index (χ4v) is 9.03. The van der Waals surface area contributed by atoms with E-state index in [1.54, 1.807) is 36.3 Å². The molecule has 0 saturated carbocycles. The maximum Gasteiger partial charge on any atom is 0.410 e. The summed E-state index contributed by atoms with van der Waals surface area (Å²) in [4.78, 5) is 94.6. The van der Waals surface area contributed by atoms with Crippen molar-refractivity contribution < 1.29 is 33.5 Å². The van der Waals surface area contributed by atoms with Crippen LogP contribution in [-0.4, -0.2) is 140 Å². The lowest BCUT2D eigenvalue weighted by Crippen LogP contribution is -2.67. The van der Waals surface area contributed by atoms with E-state index in [0.717, 1.165) is 49.4 Å². The molecule has 0 radical (unpaired) electrons. The average molecular weight is 767 g/mol. The lowest BCUT2D eigenvalue weighted by Gasteiger charge is -2.51. The number of nitrogens with two attached hydrogens (primary N) is 1. The van der Waals surface area contributed by atoms with E-state index >= 15 is 0 Å². The van der Waals surface area contributed by atoms with Crippen LogP contribution in [0.25, 0.3) is 0 Å². The van der Waals surface area contributed by atoms with Crippen molar-refractivity contribution in [3.63, 3.8) is 0 Å². The first-order valence-corrected chi connectivity index (χ1v) is 19.0. The molecule has 8 heterocycles. The van der Waals surface area contributed by atoms with Crippen LogP contribution >= 0.6 is 0 Å². The van der Waals surface area contributed by atoms with Crippen molar-refractivity contribution in [2.75, 3.05) is 60.9 Å². The van der Waals surface area contributed by atoms with Crippen LogP contribution in [0, 0.1) is 0 Å². The third-order valence-corrected chi connectivity index (χ3v) is 11.9. The zero-order chi connectivity index (χ0) is 38.9. The molecule has 1 unspecified atom stereocenters. The lowest BCUT2D eigenvalue weighted by atomic mass is 9.88. The molecule has 4 N–H and O–H groups in total.